The van der Waals surface area contributed by atoms with Crippen molar-refractivity contribution < 1.29 is 0 Å². The zero-order valence-corrected chi connectivity index (χ0v) is 8.64. The maximum Gasteiger partial charge on any atom is 0.109 e. The smallest absolute Gasteiger partial charge is 0.109 e. The second-order valence-electron chi connectivity index (χ2n) is 2.85. The molecule has 0 aliphatic rings. The predicted octanol–water partition coefficient (Wildman–Crippen LogP) is 2.10. The summed E-state index contributed by atoms with van der Waals surface area (Å²) in [5, 5.41) is 14.9. The van der Waals surface area contributed by atoms with E-state index in [9.17, 15) is 0 Å². The zero-order chi connectivity index (χ0) is 9.68. The molecule has 0 saturated heterocycles. The number of aromatic nitrogens is 1. The van der Waals surface area contributed by atoms with Gasteiger partial charge in [-0.15, -0.1) is 11.3 Å². The molecular weight excluding hydrogens is 182 g/mol. The molecule has 1 aromatic rings. The van der Waals surface area contributed by atoms with Crippen molar-refractivity contribution in [1.82, 2.24) is 10.3 Å². The van der Waals surface area contributed by atoms with Gasteiger partial charge in [-0.1, -0.05) is 6.92 Å². The van der Waals surface area contributed by atoms with E-state index in [1.807, 2.05) is 19.2 Å². The molecule has 4 heteroatoms. The SMILES string of the molecule is CCC(C#N)NC(C)c1nccs1. The van der Waals surface area contributed by atoms with Gasteiger partial charge in [0.2, 0.25) is 0 Å². The van der Waals surface area contributed by atoms with E-state index < -0.39 is 0 Å². The molecule has 1 N–H and O–H groups in total. The predicted molar refractivity (Wildman–Crippen MR) is 53.4 cm³/mol. The number of hydrogen-bond donors (Lipinski definition) is 1. The Morgan fingerprint density at radius 3 is 3.00 bits per heavy atom. The first-order valence-electron chi connectivity index (χ1n) is 4.33. The number of nitriles is 1. The standard InChI is InChI=1S/C9H13N3S/c1-3-8(6-10)12-7(2)9-11-4-5-13-9/h4-5,7-8,12H,3H2,1-2H3. The molecular formula is C9H13N3S. The minimum absolute atomic E-state index is 0.0705. The van der Waals surface area contributed by atoms with Gasteiger partial charge in [-0.25, -0.2) is 4.98 Å². The van der Waals surface area contributed by atoms with Crippen LogP contribution in [-0.2, 0) is 0 Å². The van der Waals surface area contributed by atoms with Crippen LogP contribution in [0.4, 0.5) is 0 Å². The molecule has 0 amide bonds. The Labute approximate surface area is 82.4 Å². The fourth-order valence-corrected chi connectivity index (χ4v) is 1.72. The minimum atomic E-state index is -0.0705. The molecule has 1 rings (SSSR count). The summed E-state index contributed by atoms with van der Waals surface area (Å²) in [4.78, 5) is 4.18. The first-order valence-corrected chi connectivity index (χ1v) is 5.21. The lowest BCUT2D eigenvalue weighted by molar-refractivity contribution is 0.507. The van der Waals surface area contributed by atoms with Gasteiger partial charge in [0.15, 0.2) is 0 Å². The van der Waals surface area contributed by atoms with Crippen LogP contribution in [0.2, 0.25) is 0 Å². The van der Waals surface area contributed by atoms with Crippen molar-refractivity contribution >= 4 is 11.3 Å². The van der Waals surface area contributed by atoms with Gasteiger partial charge in [-0.3, -0.25) is 5.32 Å². The molecule has 3 nitrogen and oxygen atoms in total. The quantitative estimate of drug-likeness (QED) is 0.800. The Kier molecular flexibility index (Phi) is 3.87. The Morgan fingerprint density at radius 1 is 1.77 bits per heavy atom. The van der Waals surface area contributed by atoms with E-state index in [1.54, 1.807) is 17.5 Å². The van der Waals surface area contributed by atoms with E-state index in [-0.39, 0.29) is 12.1 Å². The number of thiazole rings is 1. The van der Waals surface area contributed by atoms with Crippen molar-refractivity contribution in [3.05, 3.63) is 16.6 Å². The van der Waals surface area contributed by atoms with Crippen LogP contribution in [0.3, 0.4) is 0 Å². The number of nitrogens with one attached hydrogen (secondary N) is 1. The average Bonchev–Trinajstić information content (AvgIpc) is 2.66. The van der Waals surface area contributed by atoms with Crippen LogP contribution in [-0.4, -0.2) is 11.0 Å². The van der Waals surface area contributed by atoms with E-state index >= 15 is 0 Å². The number of nitrogens with zero attached hydrogens (tertiary/aromatic N) is 2. The third-order valence-corrected chi connectivity index (χ3v) is 2.80. The van der Waals surface area contributed by atoms with Crippen LogP contribution in [0.5, 0.6) is 0 Å². The van der Waals surface area contributed by atoms with Crippen LogP contribution in [0.25, 0.3) is 0 Å². The summed E-state index contributed by atoms with van der Waals surface area (Å²) in [6, 6.07) is 2.31. The Bertz CT molecular complexity index is 276. The maximum atomic E-state index is 8.74. The number of rotatable bonds is 4. The Morgan fingerprint density at radius 2 is 2.54 bits per heavy atom. The number of hydrogen-bond acceptors (Lipinski definition) is 4. The van der Waals surface area contributed by atoms with Gasteiger partial charge < -0.3 is 0 Å². The Hall–Kier alpha value is -0.920. The molecule has 2 unspecified atom stereocenters. The summed E-state index contributed by atoms with van der Waals surface area (Å²) in [6.07, 6.45) is 2.61. The molecule has 0 fully saturated rings. The molecule has 1 aromatic heterocycles. The van der Waals surface area contributed by atoms with Gasteiger partial charge in [0.25, 0.3) is 0 Å². The molecule has 2 atom stereocenters. The monoisotopic (exact) mass is 195 g/mol. The highest BCUT2D eigenvalue weighted by Gasteiger charge is 2.12. The first-order chi connectivity index (χ1) is 6.27. The van der Waals surface area contributed by atoms with E-state index in [0.29, 0.717) is 0 Å². The molecule has 0 radical (unpaired) electrons. The molecule has 13 heavy (non-hydrogen) atoms. The maximum absolute atomic E-state index is 8.74. The first kappa shape index (κ1) is 10.2. The zero-order valence-electron chi connectivity index (χ0n) is 7.82. The minimum Gasteiger partial charge on any atom is -0.293 e. The van der Waals surface area contributed by atoms with Crippen LogP contribution >= 0.6 is 11.3 Å². The molecule has 70 valence electrons. The van der Waals surface area contributed by atoms with Crippen molar-refractivity contribution in [1.29, 1.82) is 5.26 Å². The highest BCUT2D eigenvalue weighted by molar-refractivity contribution is 7.09. The topological polar surface area (TPSA) is 48.7 Å². The van der Waals surface area contributed by atoms with Gasteiger partial charge >= 0.3 is 0 Å². The molecule has 0 aromatic carbocycles. The summed E-state index contributed by atoms with van der Waals surface area (Å²) < 4.78 is 0. The molecule has 0 saturated carbocycles. The van der Waals surface area contributed by atoms with E-state index in [4.69, 9.17) is 5.26 Å². The van der Waals surface area contributed by atoms with Crippen LogP contribution in [0.1, 0.15) is 31.3 Å². The van der Waals surface area contributed by atoms with Gasteiger partial charge in [0, 0.05) is 11.6 Å². The third-order valence-electron chi connectivity index (χ3n) is 1.84. The third kappa shape index (κ3) is 2.79. The molecule has 0 aliphatic carbocycles. The second-order valence-corrected chi connectivity index (χ2v) is 3.77. The normalized spacial score (nSPS) is 14.8. The van der Waals surface area contributed by atoms with E-state index in [2.05, 4.69) is 16.4 Å². The van der Waals surface area contributed by atoms with Gasteiger partial charge in [-0.2, -0.15) is 5.26 Å². The summed E-state index contributed by atoms with van der Waals surface area (Å²) >= 11 is 1.61. The summed E-state index contributed by atoms with van der Waals surface area (Å²) in [5.41, 5.74) is 0. The lowest BCUT2D eigenvalue weighted by Gasteiger charge is -2.14. The van der Waals surface area contributed by atoms with Crippen molar-refractivity contribution in [3.8, 4) is 6.07 Å². The summed E-state index contributed by atoms with van der Waals surface area (Å²) in [5.74, 6) is 0. The van der Waals surface area contributed by atoms with Crippen molar-refractivity contribution in [2.24, 2.45) is 0 Å². The lowest BCUT2D eigenvalue weighted by atomic mass is 10.2. The largest absolute Gasteiger partial charge is 0.293 e. The average molecular weight is 195 g/mol. The van der Waals surface area contributed by atoms with E-state index in [1.165, 1.54) is 0 Å². The van der Waals surface area contributed by atoms with Crippen molar-refractivity contribution in [2.45, 2.75) is 32.4 Å². The van der Waals surface area contributed by atoms with Gasteiger partial charge in [-0.05, 0) is 13.3 Å². The van der Waals surface area contributed by atoms with Crippen molar-refractivity contribution in [2.75, 3.05) is 0 Å². The molecule has 1 heterocycles. The Balaban J connectivity index is 2.51. The summed E-state index contributed by atoms with van der Waals surface area (Å²) in [7, 11) is 0. The molecule has 0 spiro atoms. The van der Waals surface area contributed by atoms with Crippen molar-refractivity contribution in [3.63, 3.8) is 0 Å². The second kappa shape index (κ2) is 4.95. The van der Waals surface area contributed by atoms with Crippen LogP contribution in [0, 0.1) is 11.3 Å². The van der Waals surface area contributed by atoms with Crippen LogP contribution in [0.15, 0.2) is 11.6 Å². The highest BCUT2D eigenvalue weighted by Crippen LogP contribution is 2.15. The lowest BCUT2D eigenvalue weighted by Crippen LogP contribution is -2.29. The van der Waals surface area contributed by atoms with Gasteiger partial charge in [0.05, 0.1) is 18.2 Å². The van der Waals surface area contributed by atoms with Gasteiger partial charge in [0.1, 0.15) is 5.01 Å². The van der Waals surface area contributed by atoms with E-state index in [0.717, 1.165) is 11.4 Å². The molecule has 0 bridgehead atoms. The fraction of sp³-hybridized carbons (Fsp3) is 0.556. The summed E-state index contributed by atoms with van der Waals surface area (Å²) in [6.45, 7) is 4.02. The fourth-order valence-electron chi connectivity index (χ4n) is 1.07. The molecule has 0 aliphatic heterocycles. The van der Waals surface area contributed by atoms with Crippen LogP contribution < -0.4 is 5.32 Å². The highest BCUT2D eigenvalue weighted by atomic mass is 32.1.